The lowest BCUT2D eigenvalue weighted by molar-refractivity contribution is -0.123. The first-order valence-electron chi connectivity index (χ1n) is 7.04. The normalized spacial score (nSPS) is 14.0. The third kappa shape index (κ3) is 6.29. The molecule has 1 aromatic rings. The van der Waals surface area contributed by atoms with E-state index in [-0.39, 0.29) is 11.9 Å². The van der Waals surface area contributed by atoms with Crippen molar-refractivity contribution in [2.24, 2.45) is 0 Å². The van der Waals surface area contributed by atoms with Crippen LogP contribution >= 0.6 is 0 Å². The number of ether oxygens (including phenoxy) is 1. The molecule has 2 N–H and O–H groups in total. The molecule has 1 rings (SSSR count). The van der Waals surface area contributed by atoms with Crippen LogP contribution in [-0.2, 0) is 9.53 Å². The second-order valence-electron chi connectivity index (χ2n) is 6.01. The van der Waals surface area contributed by atoms with Crippen molar-refractivity contribution in [2.45, 2.75) is 52.3 Å². The van der Waals surface area contributed by atoms with Gasteiger partial charge in [-0.15, -0.1) is 0 Å². The average molecular weight is 292 g/mol. The molecule has 0 saturated heterocycles. The van der Waals surface area contributed by atoms with Crippen molar-refractivity contribution in [3.8, 4) is 0 Å². The zero-order valence-electron chi connectivity index (χ0n) is 13.3. The van der Waals surface area contributed by atoms with Gasteiger partial charge in [0, 0.05) is 0 Å². The molecule has 0 bridgehead atoms. The van der Waals surface area contributed by atoms with Crippen molar-refractivity contribution < 1.29 is 14.3 Å². The van der Waals surface area contributed by atoms with Gasteiger partial charge in [-0.25, -0.2) is 4.79 Å². The Balaban J connectivity index is 2.50. The van der Waals surface area contributed by atoms with E-state index in [0.717, 1.165) is 5.56 Å². The van der Waals surface area contributed by atoms with Crippen molar-refractivity contribution in [3.05, 3.63) is 35.9 Å². The molecule has 5 heteroatoms. The zero-order valence-corrected chi connectivity index (χ0v) is 13.3. The monoisotopic (exact) mass is 292 g/mol. The quantitative estimate of drug-likeness (QED) is 0.896. The smallest absolute Gasteiger partial charge is 0.408 e. The van der Waals surface area contributed by atoms with Gasteiger partial charge < -0.3 is 15.4 Å². The van der Waals surface area contributed by atoms with E-state index < -0.39 is 17.7 Å². The molecule has 116 valence electrons. The van der Waals surface area contributed by atoms with E-state index in [0.29, 0.717) is 0 Å². The summed E-state index contributed by atoms with van der Waals surface area (Å²) in [6.45, 7) is 8.84. The molecule has 0 fully saturated rings. The summed E-state index contributed by atoms with van der Waals surface area (Å²) >= 11 is 0. The first-order chi connectivity index (χ1) is 9.69. The molecule has 0 aromatic heterocycles. The van der Waals surface area contributed by atoms with E-state index in [1.165, 1.54) is 0 Å². The maximum absolute atomic E-state index is 12.0. The predicted molar refractivity (Wildman–Crippen MR) is 81.8 cm³/mol. The largest absolute Gasteiger partial charge is 0.444 e. The third-order valence-electron chi connectivity index (χ3n) is 2.78. The molecule has 2 atom stereocenters. The van der Waals surface area contributed by atoms with Crippen LogP contribution < -0.4 is 10.6 Å². The van der Waals surface area contributed by atoms with E-state index in [9.17, 15) is 9.59 Å². The minimum absolute atomic E-state index is 0.124. The van der Waals surface area contributed by atoms with Crippen molar-refractivity contribution in [3.63, 3.8) is 0 Å². The summed E-state index contributed by atoms with van der Waals surface area (Å²) in [5.74, 6) is -0.253. The second kappa shape index (κ2) is 7.11. The highest BCUT2D eigenvalue weighted by Gasteiger charge is 2.21. The number of amides is 2. The number of hydrogen-bond acceptors (Lipinski definition) is 3. The Bertz CT molecular complexity index is 480. The lowest BCUT2D eigenvalue weighted by atomic mass is 10.1. The summed E-state index contributed by atoms with van der Waals surface area (Å²) in [7, 11) is 0. The van der Waals surface area contributed by atoms with Crippen LogP contribution in [0.1, 0.15) is 46.2 Å². The van der Waals surface area contributed by atoms with Gasteiger partial charge in [0.1, 0.15) is 11.6 Å². The average Bonchev–Trinajstić information content (AvgIpc) is 2.37. The summed E-state index contributed by atoms with van der Waals surface area (Å²) < 4.78 is 5.12. The molecule has 1 unspecified atom stereocenters. The van der Waals surface area contributed by atoms with Crippen LogP contribution in [-0.4, -0.2) is 23.6 Å². The van der Waals surface area contributed by atoms with E-state index >= 15 is 0 Å². The van der Waals surface area contributed by atoms with Crippen molar-refractivity contribution >= 4 is 12.0 Å². The first-order valence-corrected chi connectivity index (χ1v) is 7.04. The topological polar surface area (TPSA) is 67.4 Å². The standard InChI is InChI=1S/C16H24N2O3/c1-11(13-9-7-6-8-10-13)17-14(19)12(2)18-15(20)21-16(3,4)5/h6-12H,1-5H3,(H,17,19)(H,18,20)/t11?,12-/m1/s1. The molecule has 1 aromatic carbocycles. The molecule has 2 amide bonds. The Kier molecular flexibility index (Phi) is 5.76. The van der Waals surface area contributed by atoms with E-state index in [4.69, 9.17) is 4.74 Å². The Morgan fingerprint density at radius 2 is 1.62 bits per heavy atom. The Morgan fingerprint density at radius 1 is 1.05 bits per heavy atom. The number of nitrogens with one attached hydrogen (secondary N) is 2. The van der Waals surface area contributed by atoms with E-state index in [1.54, 1.807) is 27.7 Å². The summed E-state index contributed by atoms with van der Waals surface area (Å²) in [5, 5.41) is 5.37. The van der Waals surface area contributed by atoms with E-state index in [1.807, 2.05) is 37.3 Å². The Labute approximate surface area is 126 Å². The molecule has 21 heavy (non-hydrogen) atoms. The zero-order chi connectivity index (χ0) is 16.0. The van der Waals surface area contributed by atoms with Gasteiger partial charge in [-0.05, 0) is 40.2 Å². The maximum Gasteiger partial charge on any atom is 0.408 e. The van der Waals surface area contributed by atoms with Crippen LogP contribution in [0.4, 0.5) is 4.79 Å². The van der Waals surface area contributed by atoms with Gasteiger partial charge >= 0.3 is 6.09 Å². The van der Waals surface area contributed by atoms with Crippen LogP contribution in [0.2, 0.25) is 0 Å². The fourth-order valence-corrected chi connectivity index (χ4v) is 1.71. The van der Waals surface area contributed by atoms with Gasteiger partial charge in [0.25, 0.3) is 0 Å². The van der Waals surface area contributed by atoms with Gasteiger partial charge in [0.05, 0.1) is 6.04 Å². The fraction of sp³-hybridized carbons (Fsp3) is 0.500. The first kappa shape index (κ1) is 17.0. The number of rotatable bonds is 4. The molecular formula is C16H24N2O3. The molecular weight excluding hydrogens is 268 g/mol. The fourth-order valence-electron chi connectivity index (χ4n) is 1.71. The number of benzene rings is 1. The van der Waals surface area contributed by atoms with Crippen LogP contribution in [0.5, 0.6) is 0 Å². The van der Waals surface area contributed by atoms with Gasteiger partial charge in [0.15, 0.2) is 0 Å². The summed E-state index contributed by atoms with van der Waals surface area (Å²) in [6.07, 6.45) is -0.600. The van der Waals surface area contributed by atoms with Crippen molar-refractivity contribution in [2.75, 3.05) is 0 Å². The van der Waals surface area contributed by atoms with Crippen molar-refractivity contribution in [1.29, 1.82) is 0 Å². The molecule has 5 nitrogen and oxygen atoms in total. The molecule has 0 saturated carbocycles. The van der Waals surface area contributed by atoms with Gasteiger partial charge in [-0.3, -0.25) is 4.79 Å². The second-order valence-corrected chi connectivity index (χ2v) is 6.01. The SMILES string of the molecule is CC(NC(=O)[C@@H](C)NC(=O)OC(C)(C)C)c1ccccc1. The maximum atomic E-state index is 12.0. The molecule has 0 heterocycles. The molecule has 0 aliphatic heterocycles. The lowest BCUT2D eigenvalue weighted by Crippen LogP contribution is -2.47. The summed E-state index contributed by atoms with van der Waals surface area (Å²) in [5.41, 5.74) is 0.424. The summed E-state index contributed by atoms with van der Waals surface area (Å²) in [6, 6.07) is 8.85. The number of carbonyl (C=O) groups is 2. The van der Waals surface area contributed by atoms with E-state index in [2.05, 4.69) is 10.6 Å². The number of carbonyl (C=O) groups excluding carboxylic acids is 2. The van der Waals surface area contributed by atoms with Gasteiger partial charge in [-0.1, -0.05) is 30.3 Å². The van der Waals surface area contributed by atoms with Gasteiger partial charge in [0.2, 0.25) is 5.91 Å². The van der Waals surface area contributed by atoms with Crippen LogP contribution in [0.15, 0.2) is 30.3 Å². The molecule has 0 aliphatic carbocycles. The Hall–Kier alpha value is -2.04. The summed E-state index contributed by atoms with van der Waals surface area (Å²) in [4.78, 5) is 23.7. The van der Waals surface area contributed by atoms with Crippen LogP contribution in [0, 0.1) is 0 Å². The molecule has 0 aliphatic rings. The Morgan fingerprint density at radius 3 is 2.14 bits per heavy atom. The highest BCUT2D eigenvalue weighted by molar-refractivity contribution is 5.85. The van der Waals surface area contributed by atoms with Crippen LogP contribution in [0.25, 0.3) is 0 Å². The van der Waals surface area contributed by atoms with Gasteiger partial charge in [-0.2, -0.15) is 0 Å². The van der Waals surface area contributed by atoms with Crippen LogP contribution in [0.3, 0.4) is 0 Å². The molecule has 0 spiro atoms. The lowest BCUT2D eigenvalue weighted by Gasteiger charge is -2.22. The number of hydrogen-bond donors (Lipinski definition) is 2. The van der Waals surface area contributed by atoms with Crippen molar-refractivity contribution in [1.82, 2.24) is 10.6 Å². The third-order valence-corrected chi connectivity index (χ3v) is 2.78. The predicted octanol–water partition coefficient (Wildman–Crippen LogP) is 2.78. The molecule has 0 radical (unpaired) electrons. The highest BCUT2D eigenvalue weighted by Crippen LogP contribution is 2.11. The highest BCUT2D eigenvalue weighted by atomic mass is 16.6. The minimum Gasteiger partial charge on any atom is -0.444 e. The minimum atomic E-state index is -0.661. The number of alkyl carbamates (subject to hydrolysis) is 1.